The second-order valence-corrected chi connectivity index (χ2v) is 18.1. The maximum atomic E-state index is 12.7. The molecule has 0 spiro atoms. The maximum absolute atomic E-state index is 12.7. The van der Waals surface area contributed by atoms with Crippen molar-refractivity contribution in [2.24, 2.45) is 17.8 Å². The molecule has 13 nitrogen and oxygen atoms in total. The summed E-state index contributed by atoms with van der Waals surface area (Å²) in [5, 5.41) is 39.1. The van der Waals surface area contributed by atoms with Gasteiger partial charge in [-0.25, -0.2) is 4.57 Å². The van der Waals surface area contributed by atoms with E-state index >= 15 is 0 Å². The van der Waals surface area contributed by atoms with Crippen LogP contribution in [0.3, 0.4) is 0 Å². The molecule has 0 bridgehead atoms. The molecule has 1 rings (SSSR count). The zero-order valence-electron chi connectivity index (χ0n) is 36.2. The van der Waals surface area contributed by atoms with Crippen LogP contribution in [-0.2, 0) is 37.5 Å². The molecule has 14 heteroatoms. The number of ether oxygens (including phenoxy) is 2. The Bertz CT molecular complexity index is 1150. The summed E-state index contributed by atoms with van der Waals surface area (Å²) in [5.41, 5.74) is 0. The molecule has 0 aromatic heterocycles. The van der Waals surface area contributed by atoms with Crippen molar-refractivity contribution >= 4 is 25.5 Å². The van der Waals surface area contributed by atoms with Crippen molar-refractivity contribution in [2.75, 3.05) is 26.4 Å². The average Bonchev–Trinajstić information content (AvgIpc) is 3.45. The van der Waals surface area contributed by atoms with Gasteiger partial charge in [0.1, 0.15) is 18.5 Å². The third-order valence-electron chi connectivity index (χ3n) is 10.8. The quantitative estimate of drug-likeness (QED) is 0.0171. The van der Waals surface area contributed by atoms with Crippen molar-refractivity contribution in [3.63, 3.8) is 0 Å². The average molecular weight is 849 g/mol. The summed E-state index contributed by atoms with van der Waals surface area (Å²) in [6, 6.07) is 0. The summed E-state index contributed by atoms with van der Waals surface area (Å²) >= 11 is 0. The fourth-order valence-corrected chi connectivity index (χ4v) is 7.99. The highest BCUT2D eigenvalue weighted by Gasteiger charge is 2.39. The van der Waals surface area contributed by atoms with Crippen molar-refractivity contribution < 1.29 is 62.8 Å². The van der Waals surface area contributed by atoms with Gasteiger partial charge in [-0.15, -0.1) is 0 Å². The van der Waals surface area contributed by atoms with E-state index in [1.807, 2.05) is 0 Å². The van der Waals surface area contributed by atoms with Gasteiger partial charge < -0.3 is 34.8 Å². The first-order chi connectivity index (χ1) is 27.8. The topological polar surface area (TPSA) is 206 Å². The first-order valence-corrected chi connectivity index (χ1v) is 24.1. The maximum Gasteiger partial charge on any atom is 0.472 e. The van der Waals surface area contributed by atoms with Crippen LogP contribution in [0.4, 0.5) is 0 Å². The molecule has 0 heterocycles. The SMILES string of the molecule is CCCCC[C@H](O)/C=C/[C@H]1C(=O)C[C@H](O)[C@@H]1CCCCCCC(=O)O[C@H](COC(=O)CCCCCCCCCCCCCCC(C)C)COP(=O)(O)OC[C@@H](O)CO. The van der Waals surface area contributed by atoms with Crippen molar-refractivity contribution in [2.45, 2.75) is 206 Å². The minimum absolute atomic E-state index is 0.0158. The minimum atomic E-state index is -4.68. The van der Waals surface area contributed by atoms with Gasteiger partial charge >= 0.3 is 19.8 Å². The zero-order chi connectivity index (χ0) is 43.0. The number of carbonyl (C=O) groups excluding carboxylic acids is 3. The number of rotatable bonds is 38. The normalized spacial score (nSPS) is 19.7. The Labute approximate surface area is 349 Å². The van der Waals surface area contributed by atoms with Gasteiger partial charge in [0.25, 0.3) is 0 Å². The summed E-state index contributed by atoms with van der Waals surface area (Å²) in [7, 11) is -4.68. The number of hydrogen-bond donors (Lipinski definition) is 5. The molecule has 7 atom stereocenters. The molecule has 1 aliphatic rings. The van der Waals surface area contributed by atoms with E-state index in [2.05, 4.69) is 25.3 Å². The van der Waals surface area contributed by atoms with E-state index in [4.69, 9.17) is 19.1 Å². The number of carbonyl (C=O) groups is 3. The Morgan fingerprint density at radius 2 is 1.29 bits per heavy atom. The predicted octanol–water partition coefficient (Wildman–Crippen LogP) is 8.45. The molecule has 0 radical (unpaired) electrons. The van der Waals surface area contributed by atoms with Gasteiger partial charge in [0, 0.05) is 25.2 Å². The first-order valence-electron chi connectivity index (χ1n) is 22.6. The van der Waals surface area contributed by atoms with E-state index in [1.54, 1.807) is 12.2 Å². The lowest BCUT2D eigenvalue weighted by Crippen LogP contribution is -2.29. The van der Waals surface area contributed by atoms with Crippen LogP contribution in [0.5, 0.6) is 0 Å². The smallest absolute Gasteiger partial charge is 0.462 e. The summed E-state index contributed by atoms with van der Waals surface area (Å²) in [5.74, 6) is -0.922. The van der Waals surface area contributed by atoms with Crippen LogP contribution in [0, 0.1) is 17.8 Å². The highest BCUT2D eigenvalue weighted by molar-refractivity contribution is 7.47. The monoisotopic (exact) mass is 849 g/mol. The number of aliphatic hydroxyl groups excluding tert-OH is 4. The number of hydrogen-bond acceptors (Lipinski definition) is 12. The Hall–Kier alpha value is -1.70. The van der Waals surface area contributed by atoms with Crippen molar-refractivity contribution in [3.8, 4) is 0 Å². The van der Waals surface area contributed by atoms with Crippen LogP contribution < -0.4 is 0 Å². The third-order valence-corrected chi connectivity index (χ3v) is 11.7. The summed E-state index contributed by atoms with van der Waals surface area (Å²) in [4.78, 5) is 47.8. The Morgan fingerprint density at radius 3 is 1.88 bits per heavy atom. The molecule has 1 saturated carbocycles. The Balaban J connectivity index is 2.43. The van der Waals surface area contributed by atoms with Gasteiger partial charge in [-0.3, -0.25) is 23.4 Å². The molecule has 1 aliphatic carbocycles. The minimum Gasteiger partial charge on any atom is -0.462 e. The van der Waals surface area contributed by atoms with Crippen molar-refractivity contribution in [1.82, 2.24) is 0 Å². The van der Waals surface area contributed by atoms with Gasteiger partial charge in [-0.2, -0.15) is 0 Å². The lowest BCUT2D eigenvalue weighted by atomic mass is 9.88. The lowest BCUT2D eigenvalue weighted by molar-refractivity contribution is -0.161. The van der Waals surface area contributed by atoms with Crippen LogP contribution >= 0.6 is 7.82 Å². The lowest BCUT2D eigenvalue weighted by Gasteiger charge is -2.20. The number of aliphatic hydroxyl groups is 4. The fraction of sp³-hybridized carbons (Fsp3) is 0.886. The first kappa shape index (κ1) is 54.3. The second-order valence-electron chi connectivity index (χ2n) is 16.7. The molecule has 1 fully saturated rings. The van der Waals surface area contributed by atoms with E-state index in [0.29, 0.717) is 32.1 Å². The molecule has 5 N–H and O–H groups in total. The molecule has 58 heavy (non-hydrogen) atoms. The van der Waals surface area contributed by atoms with Crippen molar-refractivity contribution in [1.29, 1.82) is 0 Å². The molecule has 0 saturated heterocycles. The van der Waals surface area contributed by atoms with Crippen molar-refractivity contribution in [3.05, 3.63) is 12.2 Å². The largest absolute Gasteiger partial charge is 0.472 e. The molecule has 0 aliphatic heterocycles. The number of allylic oxidation sites excluding steroid dienone is 1. The van der Waals surface area contributed by atoms with Gasteiger partial charge in [-0.05, 0) is 37.5 Å². The van der Waals surface area contributed by atoms with Crippen LogP contribution in [-0.4, -0.2) is 93.9 Å². The molecular weight excluding hydrogens is 767 g/mol. The van der Waals surface area contributed by atoms with E-state index in [9.17, 15) is 39.2 Å². The van der Waals surface area contributed by atoms with E-state index in [-0.39, 0.29) is 37.6 Å². The molecule has 0 amide bonds. The highest BCUT2D eigenvalue weighted by atomic mass is 31.2. The molecular formula is C44H81O13P. The molecule has 340 valence electrons. The Morgan fingerprint density at radius 1 is 0.759 bits per heavy atom. The number of ketones is 1. The second kappa shape index (κ2) is 34.0. The van der Waals surface area contributed by atoms with E-state index < -0.39 is 69.9 Å². The van der Waals surface area contributed by atoms with Gasteiger partial charge in [0.2, 0.25) is 0 Å². The number of phosphoric acid groups is 1. The molecule has 0 aromatic carbocycles. The summed E-state index contributed by atoms with van der Waals surface area (Å²) < 4.78 is 32.7. The predicted molar refractivity (Wildman–Crippen MR) is 225 cm³/mol. The van der Waals surface area contributed by atoms with Crippen LogP contribution in [0.2, 0.25) is 0 Å². The third kappa shape index (κ3) is 28.7. The summed E-state index contributed by atoms with van der Waals surface area (Å²) in [6.07, 6.45) is 22.3. The molecule has 1 unspecified atom stereocenters. The standard InChI is InChI=1S/C44H81O13P/c1-4-5-18-24-36(46)28-29-40-39(41(48)30-42(40)49)25-20-16-17-22-27-44(51)57-38(34-56-58(52,53)55-32-37(47)31-45)33-54-43(50)26-21-15-13-11-9-7-6-8-10-12-14-19-23-35(2)3/h28-29,35-41,45-48H,4-27,30-34H2,1-3H3,(H,52,53)/b29-28+/t36-,37-,38+,39+,40+,41-/m0/s1. The van der Waals surface area contributed by atoms with E-state index in [0.717, 1.165) is 57.3 Å². The number of esters is 2. The van der Waals surface area contributed by atoms with Crippen LogP contribution in [0.25, 0.3) is 0 Å². The number of phosphoric ester groups is 1. The number of Topliss-reactive ketones (excluding diaryl/α,β-unsaturated/α-hetero) is 1. The Kier molecular flexibility index (Phi) is 31.8. The zero-order valence-corrected chi connectivity index (χ0v) is 37.0. The van der Waals surface area contributed by atoms with Crippen LogP contribution in [0.15, 0.2) is 12.2 Å². The highest BCUT2D eigenvalue weighted by Crippen LogP contribution is 2.43. The van der Waals surface area contributed by atoms with E-state index in [1.165, 1.54) is 57.8 Å². The molecule has 0 aromatic rings. The fourth-order valence-electron chi connectivity index (χ4n) is 7.20. The van der Waals surface area contributed by atoms with Gasteiger partial charge in [-0.1, -0.05) is 148 Å². The summed E-state index contributed by atoms with van der Waals surface area (Å²) in [6.45, 7) is 4.33. The van der Waals surface area contributed by atoms with Gasteiger partial charge in [0.05, 0.1) is 32.0 Å². The number of unbranched alkanes of at least 4 members (excludes halogenated alkanes) is 16. The van der Waals surface area contributed by atoms with Crippen LogP contribution in [0.1, 0.15) is 181 Å². The van der Waals surface area contributed by atoms with Gasteiger partial charge in [0.15, 0.2) is 6.10 Å².